The first-order valence-electron chi connectivity index (χ1n) is 10.1. The number of benzene rings is 2. The van der Waals surface area contributed by atoms with E-state index < -0.39 is 0 Å². The first-order chi connectivity index (χ1) is 13.2. The molecule has 0 spiro atoms. The van der Waals surface area contributed by atoms with Gasteiger partial charge in [-0.3, -0.25) is 4.79 Å². The Hall–Kier alpha value is -1.78. The summed E-state index contributed by atoms with van der Waals surface area (Å²) in [4.78, 5) is 19.0. The Morgan fingerprint density at radius 2 is 1.70 bits per heavy atom. The second-order valence-electron chi connectivity index (χ2n) is 7.63. The Kier molecular flexibility index (Phi) is 5.84. The lowest BCUT2D eigenvalue weighted by Gasteiger charge is -2.37. The molecule has 1 fully saturated rings. The minimum absolute atomic E-state index is 0.0642. The molecule has 3 nitrogen and oxygen atoms in total. The molecule has 1 unspecified atom stereocenters. The van der Waals surface area contributed by atoms with Crippen molar-refractivity contribution in [3.63, 3.8) is 0 Å². The zero-order chi connectivity index (χ0) is 18.6. The largest absolute Gasteiger partial charge is 0.322 e. The third kappa shape index (κ3) is 4.22. The summed E-state index contributed by atoms with van der Waals surface area (Å²) in [5.41, 5.74) is 3.32. The third-order valence-corrected chi connectivity index (χ3v) is 6.94. The zero-order valence-electron chi connectivity index (χ0n) is 16.1. The lowest BCUT2D eigenvalue weighted by atomic mass is 10.1. The Bertz CT molecular complexity index is 783. The zero-order valence-corrected chi connectivity index (χ0v) is 16.9. The van der Waals surface area contributed by atoms with Crippen molar-refractivity contribution in [2.24, 2.45) is 0 Å². The van der Waals surface area contributed by atoms with E-state index in [-0.39, 0.29) is 11.3 Å². The first-order valence-corrected chi connectivity index (χ1v) is 11.0. The molecule has 2 aromatic carbocycles. The molecule has 2 aliphatic heterocycles. The van der Waals surface area contributed by atoms with Crippen LogP contribution in [0.5, 0.6) is 0 Å². The van der Waals surface area contributed by atoms with Gasteiger partial charge in [0, 0.05) is 11.4 Å². The van der Waals surface area contributed by atoms with Gasteiger partial charge in [-0.15, -0.1) is 0 Å². The summed E-state index contributed by atoms with van der Waals surface area (Å²) >= 11 is 1.81. The number of fused-ring (bicyclic) bond motifs is 1. The second-order valence-corrected chi connectivity index (χ2v) is 8.75. The number of nitrogens with zero attached hydrogens (tertiary/aromatic N) is 2. The number of rotatable bonds is 5. The SMILES string of the molecule is Cc1ccc(C2Sc3ccccc3C(=O)N2CCCN2CCCCC2)cc1. The van der Waals surface area contributed by atoms with Crippen LogP contribution in [0.4, 0.5) is 0 Å². The molecule has 142 valence electrons. The number of amides is 1. The van der Waals surface area contributed by atoms with Crippen molar-refractivity contribution in [1.82, 2.24) is 9.80 Å². The fraction of sp³-hybridized carbons (Fsp3) is 0.435. The van der Waals surface area contributed by atoms with Gasteiger partial charge in [0.1, 0.15) is 5.37 Å². The van der Waals surface area contributed by atoms with Crippen molar-refractivity contribution in [3.05, 3.63) is 65.2 Å². The number of carbonyl (C=O) groups is 1. The normalized spacial score (nSPS) is 20.6. The summed E-state index contributed by atoms with van der Waals surface area (Å²) in [6.45, 7) is 6.44. The van der Waals surface area contributed by atoms with Gasteiger partial charge >= 0.3 is 0 Å². The van der Waals surface area contributed by atoms with Crippen LogP contribution in [-0.2, 0) is 0 Å². The summed E-state index contributed by atoms with van der Waals surface area (Å²) in [7, 11) is 0. The summed E-state index contributed by atoms with van der Waals surface area (Å²) in [6, 6.07) is 16.7. The average molecular weight is 381 g/mol. The van der Waals surface area contributed by atoms with Gasteiger partial charge < -0.3 is 9.80 Å². The van der Waals surface area contributed by atoms with E-state index in [1.165, 1.54) is 43.5 Å². The summed E-state index contributed by atoms with van der Waals surface area (Å²) in [5, 5.41) is 0.0642. The minimum Gasteiger partial charge on any atom is -0.322 e. The number of hydrogen-bond donors (Lipinski definition) is 0. The molecule has 0 aliphatic carbocycles. The highest BCUT2D eigenvalue weighted by Gasteiger charge is 2.33. The molecule has 4 heteroatoms. The van der Waals surface area contributed by atoms with E-state index in [9.17, 15) is 4.79 Å². The Morgan fingerprint density at radius 1 is 0.963 bits per heavy atom. The maximum Gasteiger partial charge on any atom is 0.256 e. The van der Waals surface area contributed by atoms with Gasteiger partial charge in [-0.25, -0.2) is 0 Å². The van der Waals surface area contributed by atoms with Gasteiger partial charge in [0.05, 0.1) is 5.56 Å². The van der Waals surface area contributed by atoms with Crippen LogP contribution >= 0.6 is 11.8 Å². The van der Waals surface area contributed by atoms with E-state index in [4.69, 9.17) is 0 Å². The van der Waals surface area contributed by atoms with Gasteiger partial charge in [-0.2, -0.15) is 0 Å². The van der Waals surface area contributed by atoms with Gasteiger partial charge in [0.15, 0.2) is 0 Å². The van der Waals surface area contributed by atoms with Crippen LogP contribution in [0.15, 0.2) is 53.4 Å². The molecule has 0 aromatic heterocycles. The highest BCUT2D eigenvalue weighted by Crippen LogP contribution is 2.44. The standard InChI is InChI=1S/C23H28N2OS/c1-18-10-12-19(13-11-18)23-25(17-7-16-24-14-5-2-6-15-24)22(26)20-8-3-4-9-21(20)27-23/h3-4,8-13,23H,2,5-7,14-17H2,1H3. The van der Waals surface area contributed by atoms with Crippen molar-refractivity contribution in [3.8, 4) is 0 Å². The minimum atomic E-state index is 0.0642. The summed E-state index contributed by atoms with van der Waals surface area (Å²) in [6.07, 6.45) is 5.04. The molecular formula is C23H28N2OS. The molecule has 2 aromatic rings. The predicted molar refractivity (Wildman–Crippen MR) is 112 cm³/mol. The number of hydrogen-bond acceptors (Lipinski definition) is 3. The molecule has 1 saturated heterocycles. The van der Waals surface area contributed by atoms with Gasteiger partial charge in [-0.05, 0) is 63.5 Å². The predicted octanol–water partition coefficient (Wildman–Crippen LogP) is 5.12. The van der Waals surface area contributed by atoms with E-state index in [1.54, 1.807) is 11.8 Å². The first kappa shape index (κ1) is 18.6. The monoisotopic (exact) mass is 380 g/mol. The highest BCUT2D eigenvalue weighted by atomic mass is 32.2. The number of piperidine rings is 1. The molecule has 27 heavy (non-hydrogen) atoms. The van der Waals surface area contributed by atoms with Gasteiger partial charge in [0.2, 0.25) is 0 Å². The molecule has 0 bridgehead atoms. The van der Waals surface area contributed by atoms with Crippen LogP contribution in [0.25, 0.3) is 0 Å². The number of likely N-dealkylation sites (tertiary alicyclic amines) is 1. The molecule has 0 N–H and O–H groups in total. The van der Waals surface area contributed by atoms with Crippen LogP contribution in [0.1, 0.15) is 52.5 Å². The Morgan fingerprint density at radius 3 is 2.48 bits per heavy atom. The van der Waals surface area contributed by atoms with Crippen molar-refractivity contribution >= 4 is 17.7 Å². The van der Waals surface area contributed by atoms with Crippen LogP contribution in [0.3, 0.4) is 0 Å². The van der Waals surface area contributed by atoms with Crippen LogP contribution < -0.4 is 0 Å². The van der Waals surface area contributed by atoms with Crippen LogP contribution in [0.2, 0.25) is 0 Å². The van der Waals surface area contributed by atoms with Crippen molar-refractivity contribution in [2.45, 2.75) is 42.9 Å². The molecular weight excluding hydrogens is 352 g/mol. The fourth-order valence-corrected chi connectivity index (χ4v) is 5.34. The molecule has 4 rings (SSSR count). The van der Waals surface area contributed by atoms with E-state index in [2.05, 4.69) is 47.1 Å². The lowest BCUT2D eigenvalue weighted by Crippen LogP contribution is -2.39. The van der Waals surface area contributed by atoms with E-state index in [1.807, 2.05) is 18.2 Å². The summed E-state index contributed by atoms with van der Waals surface area (Å²) in [5.74, 6) is 0.175. The molecule has 0 saturated carbocycles. The maximum absolute atomic E-state index is 13.2. The lowest BCUT2D eigenvalue weighted by molar-refractivity contribution is 0.0715. The molecule has 2 aliphatic rings. The molecule has 2 heterocycles. The van der Waals surface area contributed by atoms with Crippen molar-refractivity contribution in [1.29, 1.82) is 0 Å². The Labute approximate surface area is 166 Å². The van der Waals surface area contributed by atoms with E-state index in [0.717, 1.165) is 30.0 Å². The summed E-state index contributed by atoms with van der Waals surface area (Å²) < 4.78 is 0. The Balaban J connectivity index is 1.53. The number of thioether (sulfide) groups is 1. The van der Waals surface area contributed by atoms with Crippen molar-refractivity contribution in [2.75, 3.05) is 26.2 Å². The quantitative estimate of drug-likeness (QED) is 0.719. The van der Waals surface area contributed by atoms with E-state index >= 15 is 0 Å². The average Bonchev–Trinajstić information content (AvgIpc) is 2.71. The molecule has 0 radical (unpaired) electrons. The number of aryl methyl sites for hydroxylation is 1. The molecule has 1 atom stereocenters. The smallest absolute Gasteiger partial charge is 0.256 e. The van der Waals surface area contributed by atoms with Crippen molar-refractivity contribution < 1.29 is 4.79 Å². The van der Waals surface area contributed by atoms with Gasteiger partial charge in [0.25, 0.3) is 5.91 Å². The topological polar surface area (TPSA) is 23.6 Å². The van der Waals surface area contributed by atoms with E-state index in [0.29, 0.717) is 0 Å². The second kappa shape index (κ2) is 8.49. The fourth-order valence-electron chi connectivity index (χ4n) is 4.04. The molecule has 1 amide bonds. The van der Waals surface area contributed by atoms with Crippen LogP contribution in [0, 0.1) is 6.92 Å². The highest BCUT2D eigenvalue weighted by molar-refractivity contribution is 7.99. The van der Waals surface area contributed by atoms with Crippen LogP contribution in [-0.4, -0.2) is 41.9 Å². The number of carbonyl (C=O) groups excluding carboxylic acids is 1. The maximum atomic E-state index is 13.2. The van der Waals surface area contributed by atoms with Gasteiger partial charge in [-0.1, -0.05) is 60.1 Å². The third-order valence-electron chi connectivity index (χ3n) is 5.58.